The standard InChI is InChI=1S/C11H21N3O2S/c1-3-17(15,16)9-10(2)12-6-4-5-11-13-7-8-14-11/h7-8,10,12H,3-6,9H2,1-2H3,(H,13,14). The largest absolute Gasteiger partial charge is 0.349 e. The summed E-state index contributed by atoms with van der Waals surface area (Å²) in [6.07, 6.45) is 5.37. The van der Waals surface area contributed by atoms with Crippen LogP contribution in [-0.2, 0) is 16.3 Å². The van der Waals surface area contributed by atoms with E-state index >= 15 is 0 Å². The molecule has 17 heavy (non-hydrogen) atoms. The number of aryl methyl sites for hydroxylation is 1. The van der Waals surface area contributed by atoms with Crippen molar-refractivity contribution in [3.8, 4) is 0 Å². The topological polar surface area (TPSA) is 74.8 Å². The van der Waals surface area contributed by atoms with E-state index in [1.54, 1.807) is 19.3 Å². The second-order valence-corrected chi connectivity index (χ2v) is 6.59. The Kier molecular flexibility index (Phi) is 5.64. The van der Waals surface area contributed by atoms with Crippen molar-refractivity contribution >= 4 is 9.84 Å². The number of hydrogen-bond acceptors (Lipinski definition) is 4. The van der Waals surface area contributed by atoms with Crippen molar-refractivity contribution in [3.63, 3.8) is 0 Å². The Morgan fingerprint density at radius 2 is 2.29 bits per heavy atom. The summed E-state index contributed by atoms with van der Waals surface area (Å²) < 4.78 is 22.7. The number of nitrogens with zero attached hydrogens (tertiary/aromatic N) is 1. The van der Waals surface area contributed by atoms with Gasteiger partial charge in [-0.1, -0.05) is 6.92 Å². The first-order valence-corrected chi connectivity index (χ1v) is 7.77. The molecule has 1 heterocycles. The van der Waals surface area contributed by atoms with E-state index in [-0.39, 0.29) is 17.5 Å². The van der Waals surface area contributed by atoms with Crippen LogP contribution in [0, 0.1) is 0 Å². The predicted octanol–water partition coefficient (Wildman–Crippen LogP) is 0.755. The molecule has 0 fully saturated rings. The van der Waals surface area contributed by atoms with Crippen molar-refractivity contribution in [3.05, 3.63) is 18.2 Å². The zero-order chi connectivity index (χ0) is 12.7. The van der Waals surface area contributed by atoms with Crippen molar-refractivity contribution in [1.82, 2.24) is 15.3 Å². The van der Waals surface area contributed by atoms with Crippen LogP contribution in [0.2, 0.25) is 0 Å². The van der Waals surface area contributed by atoms with Gasteiger partial charge in [0, 0.05) is 30.6 Å². The van der Waals surface area contributed by atoms with Crippen LogP contribution < -0.4 is 5.32 Å². The number of nitrogens with one attached hydrogen (secondary N) is 2. The molecule has 1 atom stereocenters. The van der Waals surface area contributed by atoms with Crippen LogP contribution in [-0.4, -0.2) is 42.5 Å². The molecule has 98 valence electrons. The van der Waals surface area contributed by atoms with Crippen LogP contribution in [0.3, 0.4) is 0 Å². The number of sulfone groups is 1. The van der Waals surface area contributed by atoms with E-state index in [1.165, 1.54) is 0 Å². The lowest BCUT2D eigenvalue weighted by Gasteiger charge is -2.12. The number of imidazole rings is 1. The molecule has 1 unspecified atom stereocenters. The molecule has 5 nitrogen and oxygen atoms in total. The average Bonchev–Trinajstić information content (AvgIpc) is 2.77. The molecular weight excluding hydrogens is 238 g/mol. The monoisotopic (exact) mass is 259 g/mol. The van der Waals surface area contributed by atoms with Crippen LogP contribution in [0.4, 0.5) is 0 Å². The molecule has 0 radical (unpaired) electrons. The third-order valence-electron chi connectivity index (χ3n) is 2.58. The minimum absolute atomic E-state index is 0.0107. The van der Waals surface area contributed by atoms with Crippen LogP contribution in [0.5, 0.6) is 0 Å². The van der Waals surface area contributed by atoms with E-state index in [0.29, 0.717) is 0 Å². The summed E-state index contributed by atoms with van der Waals surface area (Å²) in [5.74, 6) is 1.40. The summed E-state index contributed by atoms with van der Waals surface area (Å²) in [5, 5.41) is 3.21. The van der Waals surface area contributed by atoms with Gasteiger partial charge in [-0.25, -0.2) is 13.4 Å². The highest BCUT2D eigenvalue weighted by molar-refractivity contribution is 7.91. The van der Waals surface area contributed by atoms with E-state index in [4.69, 9.17) is 0 Å². The third kappa shape index (κ3) is 5.83. The van der Waals surface area contributed by atoms with Crippen LogP contribution in [0.25, 0.3) is 0 Å². The normalized spacial score (nSPS) is 13.8. The number of hydrogen-bond donors (Lipinski definition) is 2. The van der Waals surface area contributed by atoms with E-state index in [0.717, 1.165) is 25.2 Å². The van der Waals surface area contributed by atoms with Gasteiger partial charge in [-0.2, -0.15) is 0 Å². The fourth-order valence-electron chi connectivity index (χ4n) is 1.60. The SMILES string of the molecule is CCS(=O)(=O)CC(C)NCCCc1ncc[nH]1. The lowest BCUT2D eigenvalue weighted by atomic mass is 10.3. The van der Waals surface area contributed by atoms with E-state index in [2.05, 4.69) is 15.3 Å². The zero-order valence-electron chi connectivity index (χ0n) is 10.4. The number of H-pyrrole nitrogens is 1. The van der Waals surface area contributed by atoms with Gasteiger partial charge < -0.3 is 10.3 Å². The maximum Gasteiger partial charge on any atom is 0.151 e. The maximum atomic E-state index is 11.4. The summed E-state index contributed by atoms with van der Waals surface area (Å²) >= 11 is 0. The lowest BCUT2D eigenvalue weighted by Crippen LogP contribution is -2.34. The smallest absolute Gasteiger partial charge is 0.151 e. The van der Waals surface area contributed by atoms with Crippen molar-refractivity contribution in [2.75, 3.05) is 18.1 Å². The van der Waals surface area contributed by atoms with Crippen molar-refractivity contribution in [1.29, 1.82) is 0 Å². The fourth-order valence-corrected chi connectivity index (χ4v) is 2.71. The molecule has 0 aromatic carbocycles. The number of rotatable bonds is 8. The molecule has 0 saturated heterocycles. The second kappa shape index (κ2) is 6.76. The number of aromatic amines is 1. The Hall–Kier alpha value is -0.880. The van der Waals surface area contributed by atoms with Gasteiger partial charge in [-0.3, -0.25) is 0 Å². The first-order chi connectivity index (χ1) is 8.03. The Balaban J connectivity index is 2.14. The van der Waals surface area contributed by atoms with Crippen LogP contribution in [0.15, 0.2) is 12.4 Å². The number of aromatic nitrogens is 2. The second-order valence-electron chi connectivity index (χ2n) is 4.19. The molecule has 0 bridgehead atoms. The highest BCUT2D eigenvalue weighted by Crippen LogP contribution is 1.97. The van der Waals surface area contributed by atoms with Gasteiger partial charge >= 0.3 is 0 Å². The van der Waals surface area contributed by atoms with Crippen LogP contribution >= 0.6 is 0 Å². The molecule has 0 saturated carbocycles. The van der Waals surface area contributed by atoms with Gasteiger partial charge in [0.05, 0.1) is 5.75 Å². The summed E-state index contributed by atoms with van der Waals surface area (Å²) in [7, 11) is -2.88. The van der Waals surface area contributed by atoms with Gasteiger partial charge in [0.15, 0.2) is 9.84 Å². The molecule has 1 rings (SSSR count). The minimum atomic E-state index is -2.88. The summed E-state index contributed by atoms with van der Waals surface area (Å²) in [5.41, 5.74) is 0. The van der Waals surface area contributed by atoms with Crippen molar-refractivity contribution < 1.29 is 8.42 Å². The van der Waals surface area contributed by atoms with E-state index < -0.39 is 9.84 Å². The fraction of sp³-hybridized carbons (Fsp3) is 0.727. The molecule has 0 aliphatic heterocycles. The predicted molar refractivity (Wildman–Crippen MR) is 68.7 cm³/mol. The molecule has 0 amide bonds. The van der Waals surface area contributed by atoms with Crippen molar-refractivity contribution in [2.45, 2.75) is 32.7 Å². The molecule has 0 spiro atoms. The molecule has 0 aliphatic rings. The lowest BCUT2D eigenvalue weighted by molar-refractivity contribution is 0.547. The zero-order valence-corrected chi connectivity index (χ0v) is 11.3. The Bertz CT molecular complexity index is 400. The summed E-state index contributed by atoms with van der Waals surface area (Å²) in [4.78, 5) is 7.16. The van der Waals surface area contributed by atoms with Gasteiger partial charge in [-0.05, 0) is 19.9 Å². The van der Waals surface area contributed by atoms with Gasteiger partial charge in [0.1, 0.15) is 5.82 Å². The van der Waals surface area contributed by atoms with Gasteiger partial charge in [-0.15, -0.1) is 0 Å². The first-order valence-electron chi connectivity index (χ1n) is 5.95. The molecule has 0 aliphatic carbocycles. The summed E-state index contributed by atoms with van der Waals surface area (Å²) in [6.45, 7) is 4.39. The Morgan fingerprint density at radius 3 is 2.88 bits per heavy atom. The minimum Gasteiger partial charge on any atom is -0.349 e. The quantitative estimate of drug-likeness (QED) is 0.676. The maximum absolute atomic E-state index is 11.4. The average molecular weight is 259 g/mol. The molecule has 1 aromatic rings. The van der Waals surface area contributed by atoms with Crippen LogP contribution in [0.1, 0.15) is 26.1 Å². The molecule has 1 aromatic heterocycles. The molecule has 2 N–H and O–H groups in total. The third-order valence-corrected chi connectivity index (χ3v) is 4.47. The molecule has 6 heteroatoms. The van der Waals surface area contributed by atoms with E-state index in [9.17, 15) is 8.42 Å². The first kappa shape index (κ1) is 14.2. The molecular formula is C11H21N3O2S. The summed E-state index contributed by atoms with van der Waals surface area (Å²) in [6, 6.07) is 0.0107. The Morgan fingerprint density at radius 1 is 1.53 bits per heavy atom. The highest BCUT2D eigenvalue weighted by Gasteiger charge is 2.12. The van der Waals surface area contributed by atoms with Crippen molar-refractivity contribution in [2.24, 2.45) is 0 Å². The van der Waals surface area contributed by atoms with E-state index in [1.807, 2.05) is 6.92 Å². The Labute approximate surface area is 103 Å². The van der Waals surface area contributed by atoms with Gasteiger partial charge in [0.2, 0.25) is 0 Å². The highest BCUT2D eigenvalue weighted by atomic mass is 32.2. The van der Waals surface area contributed by atoms with Gasteiger partial charge in [0.25, 0.3) is 0 Å².